The molecule has 0 aliphatic heterocycles. The maximum Gasteiger partial charge on any atom is 0.225 e. The summed E-state index contributed by atoms with van der Waals surface area (Å²) in [5.41, 5.74) is 3.28. The van der Waals surface area contributed by atoms with Crippen LogP contribution in [0.3, 0.4) is 0 Å². The van der Waals surface area contributed by atoms with Crippen molar-refractivity contribution in [2.45, 2.75) is 58.1 Å². The standard InChI is InChI=1S/C16H24N2O3S/c1-11-10-12(2)17-13(3)16(11)18-15(19)8-9-22(20,21)14-6-4-5-7-14/h10,14H,4-9H2,1-3H3,(H,18,19). The molecule has 0 saturated heterocycles. The zero-order valence-electron chi connectivity index (χ0n) is 13.5. The van der Waals surface area contributed by atoms with Gasteiger partial charge in [0, 0.05) is 12.1 Å². The maximum absolute atomic E-state index is 12.2. The Morgan fingerprint density at radius 3 is 2.50 bits per heavy atom. The second-order valence-electron chi connectivity index (χ2n) is 6.11. The SMILES string of the molecule is Cc1cc(C)c(NC(=O)CCS(=O)(=O)C2CCCC2)c(C)n1. The lowest BCUT2D eigenvalue weighted by Crippen LogP contribution is -2.25. The lowest BCUT2D eigenvalue weighted by molar-refractivity contribution is -0.115. The third-order valence-corrected chi connectivity index (χ3v) is 6.47. The molecule has 1 aromatic rings. The summed E-state index contributed by atoms with van der Waals surface area (Å²) in [6.07, 6.45) is 3.44. The van der Waals surface area contributed by atoms with Gasteiger partial charge in [-0.25, -0.2) is 8.42 Å². The molecule has 0 aromatic carbocycles. The second kappa shape index (κ2) is 6.77. The number of hydrogen-bond acceptors (Lipinski definition) is 4. The van der Waals surface area contributed by atoms with Crippen molar-refractivity contribution in [3.63, 3.8) is 0 Å². The van der Waals surface area contributed by atoms with Crippen molar-refractivity contribution in [1.29, 1.82) is 0 Å². The first-order valence-corrected chi connectivity index (χ1v) is 9.47. The van der Waals surface area contributed by atoms with Crippen LogP contribution in [0, 0.1) is 20.8 Å². The normalized spacial score (nSPS) is 16.0. The topological polar surface area (TPSA) is 76.1 Å². The first-order valence-electron chi connectivity index (χ1n) is 7.76. The van der Waals surface area contributed by atoms with E-state index in [1.807, 2.05) is 26.8 Å². The van der Waals surface area contributed by atoms with Gasteiger partial charge in [0.15, 0.2) is 9.84 Å². The Hall–Kier alpha value is -1.43. The van der Waals surface area contributed by atoms with E-state index in [-0.39, 0.29) is 23.3 Å². The average molecular weight is 324 g/mol. The van der Waals surface area contributed by atoms with Gasteiger partial charge in [-0.2, -0.15) is 0 Å². The number of carbonyl (C=O) groups is 1. The van der Waals surface area contributed by atoms with Crippen LogP contribution in [0.15, 0.2) is 6.07 Å². The number of nitrogens with one attached hydrogen (secondary N) is 1. The van der Waals surface area contributed by atoms with E-state index in [1.54, 1.807) is 0 Å². The molecule has 1 aromatic heterocycles. The Labute approximate surface area is 132 Å². The van der Waals surface area contributed by atoms with Gasteiger partial charge < -0.3 is 5.32 Å². The van der Waals surface area contributed by atoms with Gasteiger partial charge in [-0.15, -0.1) is 0 Å². The van der Waals surface area contributed by atoms with Crippen molar-refractivity contribution in [1.82, 2.24) is 4.98 Å². The summed E-state index contributed by atoms with van der Waals surface area (Å²) in [5, 5.41) is 2.56. The van der Waals surface area contributed by atoms with Gasteiger partial charge in [0.2, 0.25) is 5.91 Å². The molecular formula is C16H24N2O3S. The van der Waals surface area contributed by atoms with Crippen LogP contribution in [-0.2, 0) is 14.6 Å². The number of sulfone groups is 1. The van der Waals surface area contributed by atoms with E-state index in [9.17, 15) is 13.2 Å². The van der Waals surface area contributed by atoms with Crippen molar-refractivity contribution < 1.29 is 13.2 Å². The number of nitrogens with zero attached hydrogens (tertiary/aromatic N) is 1. The summed E-state index contributed by atoms with van der Waals surface area (Å²) in [4.78, 5) is 16.4. The molecule has 0 radical (unpaired) electrons. The lowest BCUT2D eigenvalue weighted by Gasteiger charge is -2.13. The summed E-state index contributed by atoms with van der Waals surface area (Å²) >= 11 is 0. The number of aryl methyl sites for hydroxylation is 3. The molecule has 1 heterocycles. The summed E-state index contributed by atoms with van der Waals surface area (Å²) in [5.74, 6) is -0.334. The van der Waals surface area contributed by atoms with Crippen molar-refractivity contribution in [3.05, 3.63) is 23.0 Å². The van der Waals surface area contributed by atoms with E-state index >= 15 is 0 Å². The van der Waals surface area contributed by atoms with Gasteiger partial charge in [0.1, 0.15) is 0 Å². The van der Waals surface area contributed by atoms with Gasteiger partial charge >= 0.3 is 0 Å². The largest absolute Gasteiger partial charge is 0.324 e. The monoisotopic (exact) mass is 324 g/mol. The summed E-state index contributed by atoms with van der Waals surface area (Å²) in [6, 6.07) is 1.90. The quantitative estimate of drug-likeness (QED) is 0.903. The number of amides is 1. The third kappa shape index (κ3) is 4.06. The Morgan fingerprint density at radius 1 is 1.27 bits per heavy atom. The molecule has 1 aliphatic rings. The highest BCUT2D eigenvalue weighted by molar-refractivity contribution is 7.92. The first-order chi connectivity index (χ1) is 10.3. The van der Waals surface area contributed by atoms with Crippen LogP contribution in [0.2, 0.25) is 0 Å². The molecule has 6 heteroatoms. The second-order valence-corrected chi connectivity index (χ2v) is 8.51. The highest BCUT2D eigenvalue weighted by atomic mass is 32.2. The Morgan fingerprint density at radius 2 is 1.91 bits per heavy atom. The maximum atomic E-state index is 12.2. The van der Waals surface area contributed by atoms with E-state index in [0.717, 1.165) is 42.6 Å². The van der Waals surface area contributed by atoms with Crippen LogP contribution < -0.4 is 5.32 Å². The minimum absolute atomic E-state index is 0.00555. The zero-order valence-corrected chi connectivity index (χ0v) is 14.3. The predicted molar refractivity (Wildman–Crippen MR) is 87.7 cm³/mol. The summed E-state index contributed by atoms with van der Waals surface area (Å²) in [6.45, 7) is 5.65. The van der Waals surface area contributed by atoms with Gasteiger partial charge in [-0.05, 0) is 45.2 Å². The molecular weight excluding hydrogens is 300 g/mol. The molecule has 1 saturated carbocycles. The van der Waals surface area contributed by atoms with Crippen LogP contribution in [0.25, 0.3) is 0 Å². The fourth-order valence-corrected chi connectivity index (χ4v) is 4.92. The van der Waals surface area contributed by atoms with Gasteiger partial charge in [-0.3, -0.25) is 9.78 Å². The molecule has 1 N–H and O–H groups in total. The van der Waals surface area contributed by atoms with Crippen LogP contribution in [-0.4, -0.2) is 30.3 Å². The van der Waals surface area contributed by atoms with Crippen molar-refractivity contribution in [3.8, 4) is 0 Å². The third-order valence-electron chi connectivity index (χ3n) is 4.21. The predicted octanol–water partition coefficient (Wildman–Crippen LogP) is 2.69. The Balaban J connectivity index is 1.96. The minimum Gasteiger partial charge on any atom is -0.324 e. The summed E-state index contributed by atoms with van der Waals surface area (Å²) in [7, 11) is -3.15. The molecule has 0 bridgehead atoms. The van der Waals surface area contributed by atoms with E-state index in [4.69, 9.17) is 0 Å². The van der Waals surface area contributed by atoms with Crippen LogP contribution in [0.4, 0.5) is 5.69 Å². The Kier molecular flexibility index (Phi) is 5.21. The van der Waals surface area contributed by atoms with E-state index in [2.05, 4.69) is 10.3 Å². The van der Waals surface area contributed by atoms with Crippen LogP contribution in [0.5, 0.6) is 0 Å². The molecule has 2 rings (SSSR count). The molecule has 0 unspecified atom stereocenters. The fraction of sp³-hybridized carbons (Fsp3) is 0.625. The minimum atomic E-state index is -3.15. The number of aromatic nitrogens is 1. The summed E-state index contributed by atoms with van der Waals surface area (Å²) < 4.78 is 24.4. The van der Waals surface area contributed by atoms with E-state index in [1.165, 1.54) is 0 Å². The van der Waals surface area contributed by atoms with Gasteiger partial charge in [0.05, 0.1) is 22.4 Å². The number of pyridine rings is 1. The number of carbonyl (C=O) groups excluding carboxylic acids is 1. The van der Waals surface area contributed by atoms with Crippen LogP contribution in [0.1, 0.15) is 49.1 Å². The average Bonchev–Trinajstić information content (AvgIpc) is 2.95. The van der Waals surface area contributed by atoms with Gasteiger partial charge in [0.25, 0.3) is 0 Å². The Bertz CT molecular complexity index is 639. The zero-order chi connectivity index (χ0) is 16.3. The molecule has 1 fully saturated rings. The molecule has 1 amide bonds. The smallest absolute Gasteiger partial charge is 0.225 e. The van der Waals surface area contributed by atoms with Crippen molar-refractivity contribution in [2.75, 3.05) is 11.1 Å². The molecule has 0 spiro atoms. The van der Waals surface area contributed by atoms with Crippen molar-refractivity contribution in [2.24, 2.45) is 0 Å². The first kappa shape index (κ1) is 16.9. The molecule has 5 nitrogen and oxygen atoms in total. The van der Waals surface area contributed by atoms with Crippen molar-refractivity contribution >= 4 is 21.4 Å². The van der Waals surface area contributed by atoms with E-state index < -0.39 is 9.84 Å². The van der Waals surface area contributed by atoms with Crippen LogP contribution >= 0.6 is 0 Å². The highest BCUT2D eigenvalue weighted by Crippen LogP contribution is 2.26. The number of anilines is 1. The fourth-order valence-electron chi connectivity index (χ4n) is 3.06. The molecule has 122 valence electrons. The highest BCUT2D eigenvalue weighted by Gasteiger charge is 2.28. The number of hydrogen-bond donors (Lipinski definition) is 1. The molecule has 1 aliphatic carbocycles. The van der Waals surface area contributed by atoms with Gasteiger partial charge in [-0.1, -0.05) is 12.8 Å². The molecule has 22 heavy (non-hydrogen) atoms. The van der Waals surface area contributed by atoms with E-state index in [0.29, 0.717) is 5.69 Å². The lowest BCUT2D eigenvalue weighted by atomic mass is 10.1. The molecule has 0 atom stereocenters. The number of rotatable bonds is 5.